The minimum absolute atomic E-state index is 0.0803. The van der Waals surface area contributed by atoms with E-state index in [4.69, 9.17) is 9.97 Å². The van der Waals surface area contributed by atoms with Crippen LogP contribution in [0.5, 0.6) is 0 Å². The highest BCUT2D eigenvalue weighted by Crippen LogP contribution is 2.37. The highest BCUT2D eigenvalue weighted by molar-refractivity contribution is 6.03. The average Bonchev–Trinajstić information content (AvgIpc) is 2.71. The van der Waals surface area contributed by atoms with E-state index in [0.717, 1.165) is 44.1 Å². The van der Waals surface area contributed by atoms with Gasteiger partial charge in [0.1, 0.15) is 11.6 Å². The normalized spacial score (nSPS) is 18.3. The molecule has 7 heteroatoms. The predicted molar refractivity (Wildman–Crippen MR) is 116 cm³/mol. The lowest BCUT2D eigenvalue weighted by atomic mass is 9.75. The Hall–Kier alpha value is -2.96. The van der Waals surface area contributed by atoms with Crippen LogP contribution in [0.25, 0.3) is 0 Å². The maximum atomic E-state index is 12.8. The highest BCUT2D eigenvalue weighted by Gasteiger charge is 2.35. The number of piperazine rings is 1. The first kappa shape index (κ1) is 19.4. The molecule has 7 nitrogen and oxygen atoms in total. The van der Waals surface area contributed by atoms with Gasteiger partial charge in [-0.2, -0.15) is 4.98 Å². The van der Waals surface area contributed by atoms with Gasteiger partial charge in [-0.25, -0.2) is 9.97 Å². The Balaban J connectivity index is 1.59. The van der Waals surface area contributed by atoms with Crippen molar-refractivity contribution in [3.63, 3.8) is 0 Å². The summed E-state index contributed by atoms with van der Waals surface area (Å²) in [4.78, 5) is 31.3. The minimum Gasteiger partial charge on any atom is -0.366 e. The van der Waals surface area contributed by atoms with Gasteiger partial charge in [-0.3, -0.25) is 4.79 Å². The van der Waals surface area contributed by atoms with E-state index < -0.39 is 0 Å². The van der Waals surface area contributed by atoms with Crippen LogP contribution in [0, 0.1) is 5.41 Å². The van der Waals surface area contributed by atoms with Gasteiger partial charge in [0, 0.05) is 45.3 Å². The van der Waals surface area contributed by atoms with E-state index >= 15 is 0 Å². The summed E-state index contributed by atoms with van der Waals surface area (Å²) in [6.45, 7) is 11.9. The van der Waals surface area contributed by atoms with Crippen LogP contribution in [0.1, 0.15) is 36.3 Å². The van der Waals surface area contributed by atoms with Crippen molar-refractivity contribution in [2.45, 2.75) is 26.7 Å². The first-order valence-electron chi connectivity index (χ1n) is 10.2. The summed E-state index contributed by atoms with van der Waals surface area (Å²) < 4.78 is 0. The smallest absolute Gasteiger partial charge is 0.227 e. The van der Waals surface area contributed by atoms with Gasteiger partial charge >= 0.3 is 0 Å². The molecule has 0 aromatic carbocycles. The Kier molecular flexibility index (Phi) is 5.22. The SMILES string of the molecule is C=CCNc1nc(N2CCN(c3ccccn3)CC2)nc2c1C(=O)CC(C)(C)C2. The van der Waals surface area contributed by atoms with Crippen LogP contribution in [0.2, 0.25) is 0 Å². The third kappa shape index (κ3) is 4.09. The van der Waals surface area contributed by atoms with Gasteiger partial charge < -0.3 is 15.1 Å². The van der Waals surface area contributed by atoms with E-state index in [0.29, 0.717) is 30.3 Å². The van der Waals surface area contributed by atoms with Crippen LogP contribution in [-0.4, -0.2) is 53.5 Å². The Morgan fingerprint density at radius 1 is 1.14 bits per heavy atom. The zero-order chi connectivity index (χ0) is 20.4. The molecular weight excluding hydrogens is 364 g/mol. The molecule has 2 aromatic rings. The fraction of sp³-hybridized carbons (Fsp3) is 0.455. The maximum Gasteiger partial charge on any atom is 0.227 e. The van der Waals surface area contributed by atoms with Gasteiger partial charge in [-0.05, 0) is 24.0 Å². The van der Waals surface area contributed by atoms with Crippen molar-refractivity contribution in [2.75, 3.05) is 47.8 Å². The average molecular weight is 393 g/mol. The highest BCUT2D eigenvalue weighted by atomic mass is 16.1. The first-order chi connectivity index (χ1) is 14.0. The second-order valence-electron chi connectivity index (χ2n) is 8.47. The summed E-state index contributed by atoms with van der Waals surface area (Å²) in [5.74, 6) is 2.45. The maximum absolute atomic E-state index is 12.8. The molecule has 0 atom stereocenters. The number of Topliss-reactive ketones (excluding diaryl/α,β-unsaturated/α-hetero) is 1. The Bertz CT molecular complexity index is 903. The summed E-state index contributed by atoms with van der Waals surface area (Å²) in [6.07, 6.45) is 4.90. The monoisotopic (exact) mass is 392 g/mol. The number of carbonyl (C=O) groups excluding carboxylic acids is 1. The molecule has 2 aromatic heterocycles. The fourth-order valence-corrected chi connectivity index (χ4v) is 4.07. The zero-order valence-electron chi connectivity index (χ0n) is 17.2. The lowest BCUT2D eigenvalue weighted by Crippen LogP contribution is -2.47. The number of aromatic nitrogens is 3. The zero-order valence-corrected chi connectivity index (χ0v) is 17.2. The molecule has 152 valence electrons. The van der Waals surface area contributed by atoms with Gasteiger partial charge in [0.2, 0.25) is 5.95 Å². The molecule has 0 bridgehead atoms. The lowest BCUT2D eigenvalue weighted by molar-refractivity contribution is 0.0911. The second-order valence-corrected chi connectivity index (χ2v) is 8.47. The Labute approximate surface area is 171 Å². The summed E-state index contributed by atoms with van der Waals surface area (Å²) in [7, 11) is 0. The van der Waals surface area contributed by atoms with Gasteiger partial charge in [0.25, 0.3) is 0 Å². The molecule has 1 fully saturated rings. The van der Waals surface area contributed by atoms with Crippen LogP contribution in [0.3, 0.4) is 0 Å². The van der Waals surface area contributed by atoms with Crippen LogP contribution in [0.15, 0.2) is 37.1 Å². The molecule has 1 aliphatic carbocycles. The van der Waals surface area contributed by atoms with Crippen LogP contribution >= 0.6 is 0 Å². The molecule has 0 spiro atoms. The molecule has 3 heterocycles. The summed E-state index contributed by atoms with van der Waals surface area (Å²) in [5, 5.41) is 3.26. The lowest BCUT2D eigenvalue weighted by Gasteiger charge is -2.36. The number of nitrogens with one attached hydrogen (secondary N) is 1. The van der Waals surface area contributed by atoms with Gasteiger partial charge in [0.05, 0.1) is 11.3 Å². The minimum atomic E-state index is -0.0803. The number of nitrogens with zero attached hydrogens (tertiary/aromatic N) is 5. The predicted octanol–water partition coefficient (Wildman–Crippen LogP) is 2.95. The molecule has 0 amide bonds. The van der Waals surface area contributed by atoms with Crippen molar-refractivity contribution < 1.29 is 4.79 Å². The van der Waals surface area contributed by atoms with E-state index in [-0.39, 0.29) is 11.2 Å². The van der Waals surface area contributed by atoms with Crippen molar-refractivity contribution in [1.82, 2.24) is 15.0 Å². The number of ketones is 1. The molecule has 0 unspecified atom stereocenters. The number of carbonyl (C=O) groups is 1. The van der Waals surface area contributed by atoms with Gasteiger partial charge in [-0.1, -0.05) is 26.0 Å². The number of pyridine rings is 1. The molecule has 0 saturated carbocycles. The van der Waals surface area contributed by atoms with Gasteiger partial charge in [-0.15, -0.1) is 6.58 Å². The van der Waals surface area contributed by atoms with Crippen molar-refractivity contribution in [1.29, 1.82) is 0 Å². The number of anilines is 3. The molecule has 4 rings (SSSR count). The number of hydrogen-bond acceptors (Lipinski definition) is 7. The molecule has 0 radical (unpaired) electrons. The molecule has 29 heavy (non-hydrogen) atoms. The van der Waals surface area contributed by atoms with Crippen molar-refractivity contribution in [3.05, 3.63) is 48.3 Å². The summed E-state index contributed by atoms with van der Waals surface area (Å²) >= 11 is 0. The van der Waals surface area contributed by atoms with Crippen molar-refractivity contribution >= 4 is 23.4 Å². The van der Waals surface area contributed by atoms with E-state index in [2.05, 4.69) is 40.5 Å². The number of rotatable bonds is 5. The molecule has 2 aliphatic rings. The Morgan fingerprint density at radius 2 is 1.90 bits per heavy atom. The molecular formula is C22H28N6O. The van der Waals surface area contributed by atoms with Crippen molar-refractivity contribution in [2.24, 2.45) is 5.41 Å². The van der Waals surface area contributed by atoms with Crippen LogP contribution in [-0.2, 0) is 6.42 Å². The van der Waals surface area contributed by atoms with Gasteiger partial charge in [0.15, 0.2) is 5.78 Å². The first-order valence-corrected chi connectivity index (χ1v) is 10.2. The topological polar surface area (TPSA) is 74.2 Å². The second kappa shape index (κ2) is 7.81. The van der Waals surface area contributed by atoms with Crippen molar-refractivity contribution in [3.8, 4) is 0 Å². The van der Waals surface area contributed by atoms with Crippen LogP contribution < -0.4 is 15.1 Å². The summed E-state index contributed by atoms with van der Waals surface area (Å²) in [5.41, 5.74) is 1.43. The Morgan fingerprint density at radius 3 is 2.59 bits per heavy atom. The van der Waals surface area contributed by atoms with E-state index in [9.17, 15) is 4.79 Å². The molecule has 1 aliphatic heterocycles. The quantitative estimate of drug-likeness (QED) is 0.784. The fourth-order valence-electron chi connectivity index (χ4n) is 4.07. The van der Waals surface area contributed by atoms with E-state index in [1.165, 1.54) is 0 Å². The standard InChI is InChI=1S/C22H28N6O/c1-4-8-24-20-19-16(14-22(2,3)15-17(19)29)25-21(26-20)28-12-10-27(11-13-28)18-7-5-6-9-23-18/h4-7,9H,1,8,10-15H2,2-3H3,(H,24,25,26). The van der Waals surface area contributed by atoms with Crippen LogP contribution in [0.4, 0.5) is 17.6 Å². The van der Waals surface area contributed by atoms with E-state index in [1.54, 1.807) is 6.08 Å². The number of fused-ring (bicyclic) bond motifs is 1. The molecule has 1 N–H and O–H groups in total. The third-order valence-electron chi connectivity index (χ3n) is 5.49. The summed E-state index contributed by atoms with van der Waals surface area (Å²) in [6, 6.07) is 5.98. The largest absolute Gasteiger partial charge is 0.366 e. The number of hydrogen-bond donors (Lipinski definition) is 1. The molecule has 1 saturated heterocycles. The van der Waals surface area contributed by atoms with E-state index in [1.807, 2.05) is 24.4 Å². The third-order valence-corrected chi connectivity index (χ3v) is 5.49.